The summed E-state index contributed by atoms with van der Waals surface area (Å²) in [4.78, 5) is 35.5. The van der Waals surface area contributed by atoms with Crippen LogP contribution < -0.4 is 16.2 Å². The van der Waals surface area contributed by atoms with Crippen LogP contribution >= 0.6 is 0 Å². The summed E-state index contributed by atoms with van der Waals surface area (Å²) in [7, 11) is 0. The summed E-state index contributed by atoms with van der Waals surface area (Å²) in [6.45, 7) is 2.18. The molecule has 0 unspecified atom stereocenters. The van der Waals surface area contributed by atoms with E-state index in [0.29, 0.717) is 34.3 Å². The standard InChI is InChI=1S/C19H18N4O4/c1-2-27-18(25)12-7-9-13(10-8-12)21-19(26)20-11-16-14-5-3-4-6-15(14)17(24)23-22-16/h3-10H,2,11H2,1H3,(H,23,24)(H2,20,21,26). The highest BCUT2D eigenvalue weighted by Gasteiger charge is 2.09. The lowest BCUT2D eigenvalue weighted by Gasteiger charge is -2.09. The number of esters is 1. The first-order valence-corrected chi connectivity index (χ1v) is 8.37. The number of H-pyrrole nitrogens is 1. The maximum Gasteiger partial charge on any atom is 0.338 e. The zero-order valence-corrected chi connectivity index (χ0v) is 14.6. The number of rotatable bonds is 5. The molecular formula is C19H18N4O4. The van der Waals surface area contributed by atoms with E-state index < -0.39 is 12.0 Å². The Morgan fingerprint density at radius 1 is 1.07 bits per heavy atom. The summed E-state index contributed by atoms with van der Waals surface area (Å²) in [5.41, 5.74) is 1.21. The van der Waals surface area contributed by atoms with Crippen LogP contribution in [0.15, 0.2) is 53.3 Å². The molecule has 8 nitrogen and oxygen atoms in total. The van der Waals surface area contributed by atoms with Crippen molar-refractivity contribution in [2.45, 2.75) is 13.5 Å². The second-order valence-electron chi connectivity index (χ2n) is 5.65. The number of carbonyl (C=O) groups is 2. The molecule has 0 aliphatic carbocycles. The maximum absolute atomic E-state index is 12.1. The van der Waals surface area contributed by atoms with Crippen LogP contribution in [-0.2, 0) is 11.3 Å². The Hall–Kier alpha value is -3.68. The van der Waals surface area contributed by atoms with Gasteiger partial charge in [0.15, 0.2) is 0 Å². The number of fused-ring (bicyclic) bond motifs is 1. The molecule has 3 rings (SSSR count). The van der Waals surface area contributed by atoms with Gasteiger partial charge in [-0.1, -0.05) is 18.2 Å². The predicted octanol–water partition coefficient (Wildman–Crippen LogP) is 2.42. The molecule has 0 fully saturated rings. The van der Waals surface area contributed by atoms with E-state index in [9.17, 15) is 14.4 Å². The number of ether oxygens (including phenoxy) is 1. The molecular weight excluding hydrogens is 348 g/mol. The number of hydrogen-bond donors (Lipinski definition) is 3. The van der Waals surface area contributed by atoms with Crippen LogP contribution in [0.3, 0.4) is 0 Å². The molecule has 0 saturated carbocycles. The second-order valence-corrected chi connectivity index (χ2v) is 5.65. The third kappa shape index (κ3) is 4.30. The smallest absolute Gasteiger partial charge is 0.338 e. The molecule has 1 heterocycles. The summed E-state index contributed by atoms with van der Waals surface area (Å²) < 4.78 is 4.91. The molecule has 2 amide bonds. The number of carbonyl (C=O) groups excluding carboxylic acids is 2. The van der Waals surface area contributed by atoms with E-state index in [-0.39, 0.29) is 12.1 Å². The van der Waals surface area contributed by atoms with Gasteiger partial charge in [-0.3, -0.25) is 4.79 Å². The molecule has 0 aliphatic rings. The number of nitrogens with zero attached hydrogens (tertiary/aromatic N) is 1. The summed E-state index contributed by atoms with van der Waals surface area (Å²) in [5.74, 6) is -0.412. The Morgan fingerprint density at radius 3 is 2.48 bits per heavy atom. The summed E-state index contributed by atoms with van der Waals surface area (Å²) in [6.07, 6.45) is 0. The lowest BCUT2D eigenvalue weighted by atomic mass is 10.1. The van der Waals surface area contributed by atoms with E-state index in [2.05, 4.69) is 20.8 Å². The van der Waals surface area contributed by atoms with E-state index in [1.165, 1.54) is 0 Å². The van der Waals surface area contributed by atoms with Crippen LogP contribution in [0.5, 0.6) is 0 Å². The van der Waals surface area contributed by atoms with Gasteiger partial charge < -0.3 is 15.4 Å². The topological polar surface area (TPSA) is 113 Å². The van der Waals surface area contributed by atoms with E-state index >= 15 is 0 Å². The van der Waals surface area contributed by atoms with E-state index in [4.69, 9.17) is 4.74 Å². The van der Waals surface area contributed by atoms with Gasteiger partial charge in [-0.15, -0.1) is 0 Å². The molecule has 3 aromatic rings. The summed E-state index contributed by atoms with van der Waals surface area (Å²) >= 11 is 0. The number of nitrogens with one attached hydrogen (secondary N) is 3. The Kier molecular flexibility index (Phi) is 5.46. The fourth-order valence-corrected chi connectivity index (χ4v) is 2.55. The van der Waals surface area contributed by atoms with Crippen molar-refractivity contribution in [2.75, 3.05) is 11.9 Å². The molecule has 2 aromatic carbocycles. The number of aromatic amines is 1. The van der Waals surface area contributed by atoms with Crippen LogP contribution in [-0.4, -0.2) is 28.8 Å². The van der Waals surface area contributed by atoms with Crippen molar-refractivity contribution in [1.82, 2.24) is 15.5 Å². The molecule has 0 saturated heterocycles. The van der Waals surface area contributed by atoms with Crippen molar-refractivity contribution < 1.29 is 14.3 Å². The van der Waals surface area contributed by atoms with Crippen LogP contribution in [0.4, 0.5) is 10.5 Å². The van der Waals surface area contributed by atoms with Gasteiger partial charge >= 0.3 is 12.0 Å². The SMILES string of the molecule is CCOC(=O)c1ccc(NC(=O)NCc2n[nH]c(=O)c3ccccc23)cc1. The average molecular weight is 366 g/mol. The van der Waals surface area contributed by atoms with Crippen molar-refractivity contribution in [3.63, 3.8) is 0 Å². The normalized spacial score (nSPS) is 10.4. The highest BCUT2D eigenvalue weighted by molar-refractivity contribution is 5.92. The minimum atomic E-state index is -0.434. The van der Waals surface area contributed by atoms with Crippen molar-refractivity contribution >= 4 is 28.5 Å². The average Bonchev–Trinajstić information content (AvgIpc) is 2.68. The fourth-order valence-electron chi connectivity index (χ4n) is 2.55. The van der Waals surface area contributed by atoms with Crippen molar-refractivity contribution in [3.05, 3.63) is 70.1 Å². The minimum absolute atomic E-state index is 0.143. The molecule has 8 heteroatoms. The highest BCUT2D eigenvalue weighted by Crippen LogP contribution is 2.13. The van der Waals surface area contributed by atoms with Gasteiger partial charge in [0.25, 0.3) is 5.56 Å². The lowest BCUT2D eigenvalue weighted by Crippen LogP contribution is -2.29. The second kappa shape index (κ2) is 8.13. The number of benzene rings is 2. The fraction of sp³-hybridized carbons (Fsp3) is 0.158. The molecule has 138 valence electrons. The van der Waals surface area contributed by atoms with Gasteiger partial charge in [-0.25, -0.2) is 14.7 Å². The Bertz CT molecular complexity index is 1030. The number of aromatic nitrogens is 2. The number of hydrogen-bond acceptors (Lipinski definition) is 5. The first-order chi connectivity index (χ1) is 13.1. The van der Waals surface area contributed by atoms with Gasteiger partial charge in [0.1, 0.15) is 0 Å². The van der Waals surface area contributed by atoms with Crippen molar-refractivity contribution in [2.24, 2.45) is 0 Å². The largest absolute Gasteiger partial charge is 0.462 e. The van der Waals surface area contributed by atoms with Crippen LogP contribution in [0.25, 0.3) is 10.8 Å². The highest BCUT2D eigenvalue weighted by atomic mass is 16.5. The molecule has 0 atom stereocenters. The van der Waals surface area contributed by atoms with Gasteiger partial charge in [-0.05, 0) is 37.3 Å². The number of amides is 2. The first-order valence-electron chi connectivity index (χ1n) is 8.37. The number of anilines is 1. The van der Waals surface area contributed by atoms with Crippen molar-refractivity contribution in [1.29, 1.82) is 0 Å². The van der Waals surface area contributed by atoms with E-state index in [1.807, 2.05) is 0 Å². The predicted molar refractivity (Wildman–Crippen MR) is 101 cm³/mol. The molecule has 0 spiro atoms. The molecule has 0 aliphatic heterocycles. The van der Waals surface area contributed by atoms with E-state index in [1.54, 1.807) is 55.5 Å². The lowest BCUT2D eigenvalue weighted by molar-refractivity contribution is 0.0526. The minimum Gasteiger partial charge on any atom is -0.462 e. The third-order valence-corrected chi connectivity index (χ3v) is 3.85. The van der Waals surface area contributed by atoms with E-state index in [0.717, 1.165) is 0 Å². The Labute approximate surface area is 154 Å². The van der Waals surface area contributed by atoms with Crippen LogP contribution in [0, 0.1) is 0 Å². The zero-order chi connectivity index (χ0) is 19.2. The van der Waals surface area contributed by atoms with Crippen LogP contribution in [0.2, 0.25) is 0 Å². The molecule has 3 N–H and O–H groups in total. The van der Waals surface area contributed by atoms with Crippen molar-refractivity contribution in [3.8, 4) is 0 Å². The van der Waals surface area contributed by atoms with Gasteiger partial charge in [0, 0.05) is 11.1 Å². The quantitative estimate of drug-likeness (QED) is 0.600. The molecule has 0 bridgehead atoms. The Morgan fingerprint density at radius 2 is 1.78 bits per heavy atom. The maximum atomic E-state index is 12.1. The monoisotopic (exact) mass is 366 g/mol. The molecule has 1 aromatic heterocycles. The van der Waals surface area contributed by atoms with Crippen LogP contribution in [0.1, 0.15) is 23.0 Å². The van der Waals surface area contributed by atoms with Gasteiger partial charge in [0.2, 0.25) is 0 Å². The molecule has 27 heavy (non-hydrogen) atoms. The zero-order valence-electron chi connectivity index (χ0n) is 14.6. The van der Waals surface area contributed by atoms with Gasteiger partial charge in [-0.2, -0.15) is 5.10 Å². The van der Waals surface area contributed by atoms with Gasteiger partial charge in [0.05, 0.1) is 29.8 Å². The molecule has 0 radical (unpaired) electrons. The first kappa shape index (κ1) is 18.1. The summed E-state index contributed by atoms with van der Waals surface area (Å²) in [6, 6.07) is 13.0. The Balaban J connectivity index is 1.63. The summed E-state index contributed by atoms with van der Waals surface area (Å²) in [5, 5.41) is 13.0. The number of urea groups is 1. The third-order valence-electron chi connectivity index (χ3n) is 3.85.